The summed E-state index contributed by atoms with van der Waals surface area (Å²) in [5, 5.41) is 0. The van der Waals surface area contributed by atoms with Crippen molar-refractivity contribution in [2.24, 2.45) is 0 Å². The average Bonchev–Trinajstić information content (AvgIpc) is 2.46. The van der Waals surface area contributed by atoms with E-state index >= 15 is 0 Å². The summed E-state index contributed by atoms with van der Waals surface area (Å²) in [5.74, 6) is 2.55. The highest BCUT2D eigenvalue weighted by atomic mass is 32.2. The van der Waals surface area contributed by atoms with Gasteiger partial charge in [-0.25, -0.2) is 0 Å². The van der Waals surface area contributed by atoms with Crippen LogP contribution in [-0.2, 0) is 4.74 Å². The SMILES string of the molecule is C=C=C(C)C1(CCC2CCCCO2)SCCCS1. The number of rotatable bonds is 4. The predicted molar refractivity (Wildman–Crippen MR) is 83.4 cm³/mol. The minimum Gasteiger partial charge on any atom is -0.378 e. The number of hydrogen-bond acceptors (Lipinski definition) is 3. The molecule has 0 N–H and O–H groups in total. The summed E-state index contributed by atoms with van der Waals surface area (Å²) in [7, 11) is 0. The zero-order valence-electron chi connectivity index (χ0n) is 11.4. The Bertz CT molecular complexity index is 308. The van der Waals surface area contributed by atoms with E-state index in [1.807, 2.05) is 0 Å². The summed E-state index contributed by atoms with van der Waals surface area (Å²) in [4.78, 5) is 0. The molecule has 1 atom stereocenters. The summed E-state index contributed by atoms with van der Waals surface area (Å²) in [6.07, 6.45) is 8.08. The predicted octanol–water partition coefficient (Wildman–Crippen LogP) is 4.63. The van der Waals surface area contributed by atoms with Gasteiger partial charge in [-0.05, 0) is 62.5 Å². The second-order valence-corrected chi connectivity index (χ2v) is 8.18. The van der Waals surface area contributed by atoms with Gasteiger partial charge >= 0.3 is 0 Å². The smallest absolute Gasteiger partial charge is 0.0891 e. The third-order valence-electron chi connectivity index (χ3n) is 3.87. The van der Waals surface area contributed by atoms with Gasteiger partial charge in [0.25, 0.3) is 0 Å². The van der Waals surface area contributed by atoms with E-state index in [1.54, 1.807) is 0 Å². The summed E-state index contributed by atoms with van der Waals surface area (Å²) < 4.78 is 6.10. The average molecular weight is 284 g/mol. The van der Waals surface area contributed by atoms with Crippen molar-refractivity contribution in [3.8, 4) is 0 Å². The largest absolute Gasteiger partial charge is 0.378 e. The Morgan fingerprint density at radius 2 is 2.11 bits per heavy atom. The molecule has 2 rings (SSSR count). The number of thioether (sulfide) groups is 2. The first-order valence-electron chi connectivity index (χ1n) is 7.03. The minimum absolute atomic E-state index is 0.237. The highest BCUT2D eigenvalue weighted by Crippen LogP contribution is 2.50. The van der Waals surface area contributed by atoms with E-state index in [0.29, 0.717) is 6.10 Å². The molecule has 0 aromatic rings. The monoisotopic (exact) mass is 284 g/mol. The molecule has 0 radical (unpaired) electrons. The minimum atomic E-state index is 0.237. The zero-order chi connectivity index (χ0) is 12.8. The summed E-state index contributed by atoms with van der Waals surface area (Å²) in [6, 6.07) is 0. The van der Waals surface area contributed by atoms with Crippen LogP contribution in [-0.4, -0.2) is 28.3 Å². The molecule has 0 aromatic heterocycles. The Hall–Kier alpha value is 0.180. The quantitative estimate of drug-likeness (QED) is 0.696. The standard InChI is InChI=1S/C15H24OS2/c1-3-13(2)15(17-11-6-12-18-15)9-8-14-7-4-5-10-16-14/h14H,1,4-12H2,2H3. The molecule has 0 aliphatic carbocycles. The lowest BCUT2D eigenvalue weighted by atomic mass is 10.0. The van der Waals surface area contributed by atoms with Gasteiger partial charge in [0.1, 0.15) is 0 Å². The fourth-order valence-electron chi connectivity index (χ4n) is 2.64. The van der Waals surface area contributed by atoms with Crippen molar-refractivity contribution in [3.63, 3.8) is 0 Å². The van der Waals surface area contributed by atoms with Crippen molar-refractivity contribution in [2.45, 2.75) is 55.6 Å². The molecule has 1 unspecified atom stereocenters. The van der Waals surface area contributed by atoms with Crippen molar-refractivity contribution in [2.75, 3.05) is 18.1 Å². The van der Waals surface area contributed by atoms with Crippen LogP contribution in [0.4, 0.5) is 0 Å². The maximum absolute atomic E-state index is 5.86. The Labute approximate surface area is 120 Å². The second-order valence-electron chi connectivity index (χ2n) is 5.13. The summed E-state index contributed by atoms with van der Waals surface area (Å²) in [5.41, 5.74) is 4.47. The van der Waals surface area contributed by atoms with Crippen LogP contribution < -0.4 is 0 Å². The lowest BCUT2D eigenvalue weighted by molar-refractivity contribution is 0.0101. The van der Waals surface area contributed by atoms with Gasteiger partial charge in [0.15, 0.2) is 0 Å². The van der Waals surface area contributed by atoms with E-state index in [9.17, 15) is 0 Å². The lowest BCUT2D eigenvalue weighted by Gasteiger charge is -2.37. The molecule has 0 saturated carbocycles. The topological polar surface area (TPSA) is 9.23 Å². The van der Waals surface area contributed by atoms with Crippen LogP contribution in [0.2, 0.25) is 0 Å². The molecule has 2 aliphatic rings. The van der Waals surface area contributed by atoms with Crippen LogP contribution >= 0.6 is 23.5 Å². The molecule has 2 aliphatic heterocycles. The first-order chi connectivity index (χ1) is 8.77. The molecule has 102 valence electrons. The Morgan fingerprint density at radius 3 is 2.72 bits per heavy atom. The molecular formula is C15H24OS2. The van der Waals surface area contributed by atoms with Gasteiger partial charge in [-0.2, -0.15) is 0 Å². The molecule has 0 bridgehead atoms. The van der Waals surface area contributed by atoms with Crippen molar-refractivity contribution in [1.29, 1.82) is 0 Å². The summed E-state index contributed by atoms with van der Waals surface area (Å²) in [6.45, 7) is 7.02. The third-order valence-corrected chi connectivity index (χ3v) is 7.51. The first kappa shape index (κ1) is 14.6. The van der Waals surface area contributed by atoms with E-state index in [2.05, 4.69) is 42.8 Å². The Balaban J connectivity index is 1.94. The highest BCUT2D eigenvalue weighted by Gasteiger charge is 2.36. The van der Waals surface area contributed by atoms with Gasteiger partial charge in [-0.1, -0.05) is 6.58 Å². The molecule has 0 aromatic carbocycles. The van der Waals surface area contributed by atoms with Gasteiger partial charge in [-0.3, -0.25) is 0 Å². The number of ether oxygens (including phenoxy) is 1. The van der Waals surface area contributed by atoms with E-state index in [-0.39, 0.29) is 4.08 Å². The van der Waals surface area contributed by atoms with E-state index in [0.717, 1.165) is 6.61 Å². The van der Waals surface area contributed by atoms with Crippen LogP contribution in [0, 0.1) is 0 Å². The molecule has 2 heterocycles. The molecule has 18 heavy (non-hydrogen) atoms. The van der Waals surface area contributed by atoms with Gasteiger partial charge < -0.3 is 4.74 Å². The maximum Gasteiger partial charge on any atom is 0.0891 e. The van der Waals surface area contributed by atoms with E-state index in [1.165, 1.54) is 55.6 Å². The molecule has 3 heteroatoms. The first-order valence-corrected chi connectivity index (χ1v) is 9.00. The van der Waals surface area contributed by atoms with E-state index in [4.69, 9.17) is 4.74 Å². The van der Waals surface area contributed by atoms with E-state index < -0.39 is 0 Å². The highest BCUT2D eigenvalue weighted by molar-refractivity contribution is 8.19. The molecular weight excluding hydrogens is 260 g/mol. The fraction of sp³-hybridized carbons (Fsp3) is 0.800. The van der Waals surface area contributed by atoms with Gasteiger partial charge in [0, 0.05) is 6.61 Å². The number of hydrogen-bond donors (Lipinski definition) is 0. The van der Waals surface area contributed by atoms with Crippen molar-refractivity contribution in [3.05, 3.63) is 17.9 Å². The maximum atomic E-state index is 5.86. The molecule has 0 amide bonds. The fourth-order valence-corrected chi connectivity index (χ4v) is 6.00. The lowest BCUT2D eigenvalue weighted by Crippen LogP contribution is -2.29. The van der Waals surface area contributed by atoms with Gasteiger partial charge in [-0.15, -0.1) is 29.3 Å². The third kappa shape index (κ3) is 3.60. The van der Waals surface area contributed by atoms with Crippen LogP contribution in [0.3, 0.4) is 0 Å². The summed E-state index contributed by atoms with van der Waals surface area (Å²) >= 11 is 4.20. The van der Waals surface area contributed by atoms with Crippen molar-refractivity contribution >= 4 is 23.5 Å². The molecule has 2 saturated heterocycles. The Morgan fingerprint density at radius 1 is 1.33 bits per heavy atom. The zero-order valence-corrected chi connectivity index (χ0v) is 13.0. The normalized spacial score (nSPS) is 27.5. The van der Waals surface area contributed by atoms with Crippen LogP contribution in [0.15, 0.2) is 17.9 Å². The molecule has 0 spiro atoms. The van der Waals surface area contributed by atoms with Crippen molar-refractivity contribution in [1.82, 2.24) is 0 Å². The Kier molecular flexibility index (Phi) is 5.75. The molecule has 2 fully saturated rings. The van der Waals surface area contributed by atoms with Gasteiger partial charge in [0.05, 0.1) is 10.2 Å². The van der Waals surface area contributed by atoms with Crippen LogP contribution in [0.5, 0.6) is 0 Å². The van der Waals surface area contributed by atoms with Crippen LogP contribution in [0.1, 0.15) is 45.4 Å². The van der Waals surface area contributed by atoms with Crippen molar-refractivity contribution < 1.29 is 4.74 Å². The molecule has 1 nitrogen and oxygen atoms in total. The second kappa shape index (κ2) is 7.09. The van der Waals surface area contributed by atoms with Crippen LogP contribution in [0.25, 0.3) is 0 Å². The van der Waals surface area contributed by atoms with Gasteiger partial charge in [0.2, 0.25) is 0 Å².